The van der Waals surface area contributed by atoms with Gasteiger partial charge in [0, 0.05) is 18.2 Å². The van der Waals surface area contributed by atoms with Crippen molar-refractivity contribution in [1.82, 2.24) is 14.8 Å². The summed E-state index contributed by atoms with van der Waals surface area (Å²) in [6.45, 7) is 6.48. The number of thioether (sulfide) groups is 1. The molecule has 3 rings (SSSR count). The number of rotatable bonds is 11. The second-order valence-corrected chi connectivity index (χ2v) is 7.75. The Bertz CT molecular complexity index is 1150. The first kappa shape index (κ1) is 23.9. The quantitative estimate of drug-likeness (QED) is 0.245. The van der Waals surface area contributed by atoms with E-state index in [4.69, 9.17) is 14.2 Å². The number of hydrogen-bond donors (Lipinski definition) is 1. The summed E-state index contributed by atoms with van der Waals surface area (Å²) in [5.74, 6) is 1.39. The third-order valence-electron chi connectivity index (χ3n) is 4.58. The summed E-state index contributed by atoms with van der Waals surface area (Å²) in [6.07, 6.45) is 3.23. The first-order chi connectivity index (χ1) is 16.0. The van der Waals surface area contributed by atoms with Crippen LogP contribution in [0, 0.1) is 0 Å². The fourth-order valence-corrected chi connectivity index (χ4v) is 3.92. The van der Waals surface area contributed by atoms with Crippen LogP contribution in [0.5, 0.6) is 17.2 Å². The maximum atomic E-state index is 12.0. The van der Waals surface area contributed by atoms with Gasteiger partial charge in [0.2, 0.25) is 0 Å². The van der Waals surface area contributed by atoms with Gasteiger partial charge in [0.25, 0.3) is 0 Å². The van der Waals surface area contributed by atoms with Gasteiger partial charge in [0.15, 0.2) is 11.0 Å². The number of methoxy groups -OCH3 is 2. The van der Waals surface area contributed by atoms with Gasteiger partial charge in [-0.3, -0.25) is 0 Å². The standard InChI is InChI=1S/C24H25N3O5S/c1-5-10-32-18-9-7-8-16(11-18)12-21(23(28)29)33-24-26-25-22(27(24)6-2)17-13-19(30-3)15-20(14-17)31-4/h5,7-9,11-15H,1,6,10H2,2-4H3,(H,28,29)/b21-12-. The third-order valence-corrected chi connectivity index (χ3v) is 5.58. The van der Waals surface area contributed by atoms with E-state index in [0.29, 0.717) is 46.9 Å². The lowest BCUT2D eigenvalue weighted by Gasteiger charge is -2.10. The van der Waals surface area contributed by atoms with Gasteiger partial charge in [-0.05, 0) is 54.6 Å². The second kappa shape index (κ2) is 11.2. The summed E-state index contributed by atoms with van der Waals surface area (Å²) < 4.78 is 18.1. The van der Waals surface area contributed by atoms with Crippen LogP contribution in [0.3, 0.4) is 0 Å². The lowest BCUT2D eigenvalue weighted by atomic mass is 10.2. The van der Waals surface area contributed by atoms with E-state index in [9.17, 15) is 9.90 Å². The smallest absolute Gasteiger partial charge is 0.342 e. The van der Waals surface area contributed by atoms with E-state index in [1.165, 1.54) is 0 Å². The largest absolute Gasteiger partial charge is 0.497 e. The molecule has 0 unspecified atom stereocenters. The number of nitrogens with zero attached hydrogens (tertiary/aromatic N) is 3. The predicted octanol–water partition coefficient (Wildman–Crippen LogP) is 4.76. The highest BCUT2D eigenvalue weighted by molar-refractivity contribution is 8.04. The second-order valence-electron chi connectivity index (χ2n) is 6.74. The third kappa shape index (κ3) is 5.95. The van der Waals surface area contributed by atoms with Gasteiger partial charge in [-0.15, -0.1) is 10.2 Å². The fourth-order valence-electron chi connectivity index (χ4n) is 3.03. The molecule has 0 amide bonds. The van der Waals surface area contributed by atoms with Crippen molar-refractivity contribution in [3.63, 3.8) is 0 Å². The van der Waals surface area contributed by atoms with Crippen LogP contribution >= 0.6 is 11.8 Å². The van der Waals surface area contributed by atoms with Crippen molar-refractivity contribution >= 4 is 23.8 Å². The van der Waals surface area contributed by atoms with Crippen molar-refractivity contribution in [2.45, 2.75) is 18.6 Å². The number of benzene rings is 2. The van der Waals surface area contributed by atoms with Gasteiger partial charge in [0.05, 0.1) is 14.2 Å². The van der Waals surface area contributed by atoms with Crippen LogP contribution in [0.1, 0.15) is 12.5 Å². The molecule has 33 heavy (non-hydrogen) atoms. The molecule has 0 aliphatic heterocycles. The van der Waals surface area contributed by atoms with Gasteiger partial charge in [-0.25, -0.2) is 4.79 Å². The minimum Gasteiger partial charge on any atom is -0.497 e. The van der Waals surface area contributed by atoms with Crippen molar-refractivity contribution in [2.24, 2.45) is 0 Å². The average Bonchev–Trinajstić information content (AvgIpc) is 3.24. The van der Waals surface area contributed by atoms with Crippen LogP contribution < -0.4 is 14.2 Å². The van der Waals surface area contributed by atoms with E-state index < -0.39 is 5.97 Å². The molecule has 0 bridgehead atoms. The summed E-state index contributed by atoms with van der Waals surface area (Å²) in [7, 11) is 3.15. The predicted molar refractivity (Wildman–Crippen MR) is 128 cm³/mol. The minimum atomic E-state index is -1.06. The normalized spacial score (nSPS) is 11.2. The molecule has 3 aromatic rings. The topological polar surface area (TPSA) is 95.7 Å². The van der Waals surface area contributed by atoms with E-state index >= 15 is 0 Å². The number of aliphatic carboxylic acids is 1. The Balaban J connectivity index is 1.95. The van der Waals surface area contributed by atoms with E-state index in [-0.39, 0.29) is 4.91 Å². The molecule has 0 aliphatic rings. The number of carboxylic acids is 1. The van der Waals surface area contributed by atoms with E-state index in [2.05, 4.69) is 16.8 Å². The Morgan fingerprint density at radius 2 is 1.85 bits per heavy atom. The number of ether oxygens (including phenoxy) is 3. The van der Waals surface area contributed by atoms with Crippen LogP contribution in [0.2, 0.25) is 0 Å². The Kier molecular flexibility index (Phi) is 8.15. The number of carbonyl (C=O) groups is 1. The van der Waals surface area contributed by atoms with Gasteiger partial charge in [-0.1, -0.05) is 24.8 Å². The summed E-state index contributed by atoms with van der Waals surface area (Å²) in [5, 5.41) is 18.8. The molecule has 0 atom stereocenters. The lowest BCUT2D eigenvalue weighted by Crippen LogP contribution is -2.03. The Morgan fingerprint density at radius 1 is 1.12 bits per heavy atom. The van der Waals surface area contributed by atoms with Crippen LogP contribution in [-0.4, -0.2) is 46.7 Å². The lowest BCUT2D eigenvalue weighted by molar-refractivity contribution is -0.131. The average molecular weight is 468 g/mol. The van der Waals surface area contributed by atoms with Crippen LogP contribution in [0.25, 0.3) is 17.5 Å². The molecule has 0 fully saturated rings. The Hall–Kier alpha value is -3.72. The molecular formula is C24H25N3O5S. The fraction of sp³-hybridized carbons (Fsp3) is 0.208. The first-order valence-corrected chi connectivity index (χ1v) is 10.9. The Labute approximate surface area is 196 Å². The van der Waals surface area contributed by atoms with Crippen molar-refractivity contribution in [3.05, 3.63) is 65.6 Å². The molecule has 0 aliphatic carbocycles. The molecule has 9 heteroatoms. The summed E-state index contributed by atoms with van der Waals surface area (Å²) >= 11 is 1.03. The van der Waals surface area contributed by atoms with Crippen molar-refractivity contribution in [1.29, 1.82) is 0 Å². The molecule has 0 saturated heterocycles. The number of aromatic nitrogens is 3. The summed E-state index contributed by atoms with van der Waals surface area (Å²) in [4.78, 5) is 12.1. The highest BCUT2D eigenvalue weighted by Gasteiger charge is 2.19. The van der Waals surface area contributed by atoms with Crippen molar-refractivity contribution < 1.29 is 24.1 Å². The van der Waals surface area contributed by atoms with E-state index in [0.717, 1.165) is 17.3 Å². The number of hydrogen-bond acceptors (Lipinski definition) is 7. The van der Waals surface area contributed by atoms with Gasteiger partial charge in [-0.2, -0.15) is 0 Å². The van der Waals surface area contributed by atoms with Gasteiger partial charge < -0.3 is 23.9 Å². The maximum absolute atomic E-state index is 12.0. The molecule has 0 saturated carbocycles. The zero-order chi connectivity index (χ0) is 23.8. The van der Waals surface area contributed by atoms with E-state index in [1.54, 1.807) is 50.6 Å². The van der Waals surface area contributed by atoms with Crippen molar-refractivity contribution in [2.75, 3.05) is 20.8 Å². The zero-order valence-electron chi connectivity index (χ0n) is 18.6. The summed E-state index contributed by atoms with van der Waals surface area (Å²) in [5.41, 5.74) is 1.45. The van der Waals surface area contributed by atoms with Crippen LogP contribution in [0.15, 0.2) is 65.2 Å². The monoisotopic (exact) mass is 467 g/mol. The molecule has 172 valence electrons. The number of carboxylic acid groups (broad SMARTS) is 1. The van der Waals surface area contributed by atoms with Crippen LogP contribution in [0.4, 0.5) is 0 Å². The summed E-state index contributed by atoms with van der Waals surface area (Å²) in [6, 6.07) is 12.6. The molecule has 1 N–H and O–H groups in total. The maximum Gasteiger partial charge on any atom is 0.342 e. The minimum absolute atomic E-state index is 0.104. The molecular weight excluding hydrogens is 442 g/mol. The van der Waals surface area contributed by atoms with Crippen LogP contribution in [-0.2, 0) is 11.3 Å². The van der Waals surface area contributed by atoms with Crippen molar-refractivity contribution in [3.8, 4) is 28.6 Å². The molecule has 8 nitrogen and oxygen atoms in total. The SMILES string of the molecule is C=CCOc1cccc(/C=C(\Sc2nnc(-c3cc(OC)cc(OC)c3)n2CC)C(=O)O)c1. The molecule has 1 aromatic heterocycles. The highest BCUT2D eigenvalue weighted by atomic mass is 32.2. The first-order valence-electron chi connectivity index (χ1n) is 10.1. The molecule has 1 heterocycles. The molecule has 2 aromatic carbocycles. The van der Waals surface area contributed by atoms with E-state index in [1.807, 2.05) is 29.7 Å². The molecule has 0 spiro atoms. The Morgan fingerprint density at radius 3 is 2.45 bits per heavy atom. The van der Waals surface area contributed by atoms with Gasteiger partial charge in [0.1, 0.15) is 28.8 Å². The van der Waals surface area contributed by atoms with Gasteiger partial charge >= 0.3 is 5.97 Å². The highest BCUT2D eigenvalue weighted by Crippen LogP contribution is 2.33. The zero-order valence-corrected chi connectivity index (χ0v) is 19.5. The molecule has 0 radical (unpaired) electrons.